The van der Waals surface area contributed by atoms with Crippen LogP contribution in [0.4, 0.5) is 5.69 Å². The van der Waals surface area contributed by atoms with Crippen molar-refractivity contribution in [2.24, 2.45) is 0 Å². The Balaban J connectivity index is 1.98. The van der Waals surface area contributed by atoms with Gasteiger partial charge in [-0.05, 0) is 29.7 Å². The molecule has 2 rings (SSSR count). The molecule has 0 heterocycles. The minimum atomic E-state index is -0.177. The molecule has 0 aliphatic heterocycles. The third kappa shape index (κ3) is 4.95. The molecule has 0 unspecified atom stereocenters. The highest BCUT2D eigenvalue weighted by Gasteiger charge is 2.15. The van der Waals surface area contributed by atoms with Crippen molar-refractivity contribution in [1.29, 1.82) is 0 Å². The van der Waals surface area contributed by atoms with Gasteiger partial charge in [0.15, 0.2) is 0 Å². The van der Waals surface area contributed by atoms with E-state index in [1.807, 2.05) is 54.6 Å². The van der Waals surface area contributed by atoms with E-state index in [9.17, 15) is 9.59 Å². The number of rotatable bonds is 6. The van der Waals surface area contributed by atoms with Crippen molar-refractivity contribution in [2.45, 2.75) is 26.8 Å². The lowest BCUT2D eigenvalue weighted by Crippen LogP contribution is -2.39. The maximum absolute atomic E-state index is 12.1. The predicted octanol–water partition coefficient (Wildman–Crippen LogP) is 2.92. The topological polar surface area (TPSA) is 49.4 Å². The summed E-state index contributed by atoms with van der Waals surface area (Å²) in [6.07, 6.45) is 0.942. The Morgan fingerprint density at radius 1 is 0.957 bits per heavy atom. The van der Waals surface area contributed by atoms with E-state index in [0.29, 0.717) is 6.54 Å². The number of benzene rings is 2. The number of anilines is 1. The highest BCUT2D eigenvalue weighted by molar-refractivity contribution is 5.97. The number of nitrogens with zero attached hydrogens (tertiary/aromatic N) is 1. The van der Waals surface area contributed by atoms with Gasteiger partial charge < -0.3 is 10.2 Å². The second-order valence-electron chi connectivity index (χ2n) is 5.39. The Bertz CT molecular complexity index is 651. The third-order valence-electron chi connectivity index (χ3n) is 3.67. The van der Waals surface area contributed by atoms with E-state index >= 15 is 0 Å². The van der Waals surface area contributed by atoms with E-state index in [-0.39, 0.29) is 18.4 Å². The Hall–Kier alpha value is -2.62. The van der Waals surface area contributed by atoms with Crippen LogP contribution in [0.5, 0.6) is 0 Å². The lowest BCUT2D eigenvalue weighted by atomic mass is 10.1. The maximum Gasteiger partial charge on any atom is 0.240 e. The van der Waals surface area contributed by atoms with Crippen LogP contribution in [0.25, 0.3) is 0 Å². The Labute approximate surface area is 137 Å². The molecule has 0 saturated carbocycles. The largest absolute Gasteiger partial charge is 0.350 e. The van der Waals surface area contributed by atoms with E-state index in [2.05, 4.69) is 12.2 Å². The van der Waals surface area contributed by atoms with Crippen LogP contribution in [0.15, 0.2) is 54.6 Å². The molecule has 0 spiro atoms. The fourth-order valence-electron chi connectivity index (χ4n) is 2.29. The average molecular weight is 310 g/mol. The van der Waals surface area contributed by atoms with Crippen LogP contribution in [0.1, 0.15) is 25.0 Å². The Morgan fingerprint density at radius 2 is 1.61 bits per heavy atom. The number of hydrogen-bond acceptors (Lipinski definition) is 2. The van der Waals surface area contributed by atoms with Gasteiger partial charge in [0.05, 0.1) is 0 Å². The number of amides is 2. The Morgan fingerprint density at radius 3 is 2.17 bits per heavy atom. The molecular formula is C19H22N2O2. The SMILES string of the molecule is CCc1ccc(N(CC(=O)NCc2ccccc2)C(C)=O)cc1. The molecule has 0 radical (unpaired) electrons. The summed E-state index contributed by atoms with van der Waals surface area (Å²) in [6.45, 7) is 4.03. The summed E-state index contributed by atoms with van der Waals surface area (Å²) < 4.78 is 0. The van der Waals surface area contributed by atoms with Crippen LogP contribution in [-0.2, 0) is 22.6 Å². The van der Waals surface area contributed by atoms with Crippen LogP contribution in [0.3, 0.4) is 0 Å². The Kier molecular flexibility index (Phi) is 5.92. The van der Waals surface area contributed by atoms with Gasteiger partial charge >= 0.3 is 0 Å². The molecule has 2 amide bonds. The minimum absolute atomic E-state index is 0.0215. The van der Waals surface area contributed by atoms with Crippen LogP contribution in [0, 0.1) is 0 Å². The van der Waals surface area contributed by atoms with Gasteiger partial charge in [-0.1, -0.05) is 49.4 Å². The monoisotopic (exact) mass is 310 g/mol. The van der Waals surface area contributed by atoms with Crippen molar-refractivity contribution < 1.29 is 9.59 Å². The predicted molar refractivity (Wildman–Crippen MR) is 92.1 cm³/mol. The smallest absolute Gasteiger partial charge is 0.240 e. The second kappa shape index (κ2) is 8.13. The van der Waals surface area contributed by atoms with Crippen molar-refractivity contribution in [3.05, 3.63) is 65.7 Å². The summed E-state index contributed by atoms with van der Waals surface area (Å²) >= 11 is 0. The molecule has 2 aromatic rings. The van der Waals surface area contributed by atoms with E-state index < -0.39 is 0 Å². The van der Waals surface area contributed by atoms with Crippen LogP contribution in [0.2, 0.25) is 0 Å². The quantitative estimate of drug-likeness (QED) is 0.892. The van der Waals surface area contributed by atoms with Crippen molar-refractivity contribution >= 4 is 17.5 Å². The van der Waals surface area contributed by atoms with E-state index in [1.165, 1.54) is 17.4 Å². The zero-order chi connectivity index (χ0) is 16.7. The van der Waals surface area contributed by atoms with Gasteiger partial charge in [-0.25, -0.2) is 0 Å². The molecule has 4 heteroatoms. The molecule has 2 aromatic carbocycles. The lowest BCUT2D eigenvalue weighted by Gasteiger charge is -2.21. The second-order valence-corrected chi connectivity index (χ2v) is 5.39. The standard InChI is InChI=1S/C19H22N2O2/c1-3-16-9-11-18(12-10-16)21(15(2)22)14-19(23)20-13-17-7-5-4-6-8-17/h4-12H,3,13-14H2,1-2H3,(H,20,23). The molecular weight excluding hydrogens is 288 g/mol. The molecule has 0 aromatic heterocycles. The van der Waals surface area contributed by atoms with Gasteiger partial charge in [0.25, 0.3) is 0 Å². The van der Waals surface area contributed by atoms with Crippen LogP contribution in [-0.4, -0.2) is 18.4 Å². The number of nitrogens with one attached hydrogen (secondary N) is 1. The molecule has 0 aliphatic carbocycles. The van der Waals surface area contributed by atoms with Crippen molar-refractivity contribution in [3.8, 4) is 0 Å². The number of hydrogen-bond donors (Lipinski definition) is 1. The van der Waals surface area contributed by atoms with Crippen LogP contribution >= 0.6 is 0 Å². The lowest BCUT2D eigenvalue weighted by molar-refractivity contribution is -0.123. The number of carbonyl (C=O) groups excluding carboxylic acids is 2. The first-order chi connectivity index (χ1) is 11.1. The van der Waals surface area contributed by atoms with Crippen molar-refractivity contribution in [2.75, 3.05) is 11.4 Å². The normalized spacial score (nSPS) is 10.2. The molecule has 120 valence electrons. The van der Waals surface area contributed by atoms with Gasteiger partial charge in [0, 0.05) is 19.2 Å². The van der Waals surface area contributed by atoms with E-state index in [4.69, 9.17) is 0 Å². The van der Waals surface area contributed by atoms with Gasteiger partial charge in [-0.2, -0.15) is 0 Å². The maximum atomic E-state index is 12.1. The number of aryl methyl sites for hydroxylation is 1. The molecule has 1 N–H and O–H groups in total. The summed E-state index contributed by atoms with van der Waals surface area (Å²) in [5.41, 5.74) is 2.97. The summed E-state index contributed by atoms with van der Waals surface area (Å²) in [7, 11) is 0. The molecule has 4 nitrogen and oxygen atoms in total. The summed E-state index contributed by atoms with van der Waals surface area (Å²) in [5, 5.41) is 2.84. The molecule has 0 fully saturated rings. The van der Waals surface area contributed by atoms with Crippen molar-refractivity contribution in [1.82, 2.24) is 5.32 Å². The van der Waals surface area contributed by atoms with Gasteiger partial charge in [0.1, 0.15) is 6.54 Å². The van der Waals surface area contributed by atoms with Gasteiger partial charge in [-0.15, -0.1) is 0 Å². The molecule has 0 aliphatic rings. The van der Waals surface area contributed by atoms with Gasteiger partial charge in [0.2, 0.25) is 11.8 Å². The highest BCUT2D eigenvalue weighted by Crippen LogP contribution is 2.15. The zero-order valence-corrected chi connectivity index (χ0v) is 13.6. The summed E-state index contributed by atoms with van der Waals surface area (Å²) in [4.78, 5) is 25.5. The fraction of sp³-hybridized carbons (Fsp3) is 0.263. The molecule has 23 heavy (non-hydrogen) atoms. The minimum Gasteiger partial charge on any atom is -0.350 e. The summed E-state index contributed by atoms with van der Waals surface area (Å²) in [5.74, 6) is -0.326. The van der Waals surface area contributed by atoms with Gasteiger partial charge in [-0.3, -0.25) is 9.59 Å². The molecule has 0 saturated heterocycles. The first-order valence-corrected chi connectivity index (χ1v) is 7.78. The zero-order valence-electron chi connectivity index (χ0n) is 13.6. The third-order valence-corrected chi connectivity index (χ3v) is 3.67. The summed E-state index contributed by atoms with van der Waals surface area (Å²) in [6, 6.07) is 17.4. The highest BCUT2D eigenvalue weighted by atomic mass is 16.2. The van der Waals surface area contributed by atoms with E-state index in [1.54, 1.807) is 0 Å². The van der Waals surface area contributed by atoms with Crippen molar-refractivity contribution in [3.63, 3.8) is 0 Å². The first-order valence-electron chi connectivity index (χ1n) is 7.78. The number of carbonyl (C=O) groups is 2. The first kappa shape index (κ1) is 16.7. The van der Waals surface area contributed by atoms with E-state index in [0.717, 1.165) is 17.7 Å². The average Bonchev–Trinajstić information content (AvgIpc) is 2.58. The molecule has 0 atom stereocenters. The molecule has 0 bridgehead atoms. The fourth-order valence-corrected chi connectivity index (χ4v) is 2.29. The van der Waals surface area contributed by atoms with Crippen LogP contribution < -0.4 is 10.2 Å².